The smallest absolute Gasteiger partial charge is 0.231 e. The van der Waals surface area contributed by atoms with Gasteiger partial charge in [-0.15, -0.1) is 0 Å². The fourth-order valence-electron chi connectivity index (χ4n) is 4.04. The maximum absolute atomic E-state index is 6.48. The Morgan fingerprint density at radius 1 is 1.04 bits per heavy atom. The molecular formula is C19H15Cl2NO2. The lowest BCUT2D eigenvalue weighted by molar-refractivity contribution is 0.174. The third-order valence-corrected chi connectivity index (χ3v) is 5.99. The van der Waals surface area contributed by atoms with Gasteiger partial charge in [-0.05, 0) is 41.7 Å². The molecule has 0 unspecified atom stereocenters. The number of allylic oxidation sites excluding steroid dienone is 2. The Morgan fingerprint density at radius 2 is 1.92 bits per heavy atom. The second kappa shape index (κ2) is 5.33. The van der Waals surface area contributed by atoms with Crippen molar-refractivity contribution in [2.24, 2.45) is 5.92 Å². The van der Waals surface area contributed by atoms with Gasteiger partial charge in [-0.2, -0.15) is 0 Å². The van der Waals surface area contributed by atoms with Crippen molar-refractivity contribution < 1.29 is 9.47 Å². The minimum atomic E-state index is 0.156. The highest BCUT2D eigenvalue weighted by Gasteiger charge is 2.39. The number of hydrogen-bond acceptors (Lipinski definition) is 3. The second-order valence-corrected chi connectivity index (χ2v) is 7.20. The number of halogens is 2. The number of ether oxygens (including phenoxy) is 2. The molecule has 0 bridgehead atoms. The van der Waals surface area contributed by atoms with Gasteiger partial charge >= 0.3 is 0 Å². The molecule has 2 aromatic rings. The number of anilines is 1. The van der Waals surface area contributed by atoms with Crippen LogP contribution in [0.15, 0.2) is 42.5 Å². The Bertz CT molecular complexity index is 865. The SMILES string of the molecule is Clc1ccc2c(c1Cl)N[C@H](c1ccc3c(c1)OCO3)[C@@H]1CC=C[C@H]21. The Labute approximate surface area is 150 Å². The van der Waals surface area contributed by atoms with Crippen molar-refractivity contribution in [3.8, 4) is 11.5 Å². The molecule has 0 saturated carbocycles. The lowest BCUT2D eigenvalue weighted by atomic mass is 9.77. The summed E-state index contributed by atoms with van der Waals surface area (Å²) in [6.07, 6.45) is 5.58. The maximum Gasteiger partial charge on any atom is 0.231 e. The molecule has 0 saturated heterocycles. The van der Waals surface area contributed by atoms with Crippen molar-refractivity contribution in [1.29, 1.82) is 0 Å². The first kappa shape index (κ1) is 14.5. The van der Waals surface area contributed by atoms with Crippen LogP contribution in [0, 0.1) is 5.92 Å². The third kappa shape index (κ3) is 2.04. The lowest BCUT2D eigenvalue weighted by Crippen LogP contribution is -2.29. The molecule has 122 valence electrons. The molecule has 3 atom stereocenters. The van der Waals surface area contributed by atoms with Crippen LogP contribution < -0.4 is 14.8 Å². The number of benzene rings is 2. The van der Waals surface area contributed by atoms with Gasteiger partial charge in [0.05, 0.1) is 21.8 Å². The van der Waals surface area contributed by atoms with E-state index in [9.17, 15) is 0 Å². The summed E-state index contributed by atoms with van der Waals surface area (Å²) in [6.45, 7) is 0.286. The molecule has 1 N–H and O–H groups in total. The number of rotatable bonds is 1. The Hall–Kier alpha value is -1.84. The van der Waals surface area contributed by atoms with Crippen LogP contribution in [0.25, 0.3) is 0 Å². The predicted molar refractivity (Wildman–Crippen MR) is 95.4 cm³/mol. The number of hydrogen-bond donors (Lipinski definition) is 1. The van der Waals surface area contributed by atoms with Crippen molar-refractivity contribution >= 4 is 28.9 Å². The quantitative estimate of drug-likeness (QED) is 0.677. The molecule has 0 fully saturated rings. The maximum atomic E-state index is 6.48. The third-order valence-electron chi connectivity index (χ3n) is 5.18. The predicted octanol–water partition coefficient (Wildman–Crippen LogP) is 5.55. The van der Waals surface area contributed by atoms with Crippen molar-refractivity contribution in [2.75, 3.05) is 12.1 Å². The van der Waals surface area contributed by atoms with E-state index in [1.54, 1.807) is 0 Å². The molecule has 3 nitrogen and oxygen atoms in total. The van der Waals surface area contributed by atoms with Crippen LogP contribution in [0.5, 0.6) is 11.5 Å². The van der Waals surface area contributed by atoms with Crippen molar-refractivity contribution in [1.82, 2.24) is 0 Å². The van der Waals surface area contributed by atoms with E-state index >= 15 is 0 Å². The van der Waals surface area contributed by atoms with Gasteiger partial charge in [0.2, 0.25) is 6.79 Å². The van der Waals surface area contributed by atoms with Gasteiger partial charge in [0.1, 0.15) is 0 Å². The van der Waals surface area contributed by atoms with Gasteiger partial charge in [-0.25, -0.2) is 0 Å². The fourth-order valence-corrected chi connectivity index (χ4v) is 4.42. The molecule has 5 heteroatoms. The normalized spacial score (nSPS) is 26.0. The summed E-state index contributed by atoms with van der Waals surface area (Å²) < 4.78 is 11.0. The van der Waals surface area contributed by atoms with Gasteiger partial charge in [0.25, 0.3) is 0 Å². The van der Waals surface area contributed by atoms with E-state index in [0.29, 0.717) is 21.9 Å². The molecule has 0 aromatic heterocycles. The van der Waals surface area contributed by atoms with Crippen LogP contribution in [-0.4, -0.2) is 6.79 Å². The molecule has 24 heavy (non-hydrogen) atoms. The molecule has 2 aliphatic heterocycles. The van der Waals surface area contributed by atoms with E-state index in [1.165, 1.54) is 11.1 Å². The van der Waals surface area contributed by atoms with Gasteiger partial charge in [-0.1, -0.05) is 47.5 Å². The first-order valence-electron chi connectivity index (χ1n) is 8.03. The molecule has 1 aliphatic carbocycles. The zero-order valence-corrected chi connectivity index (χ0v) is 14.3. The first-order valence-corrected chi connectivity index (χ1v) is 8.78. The standard InChI is InChI=1S/C19H15Cl2NO2/c20-14-6-5-13-11-2-1-3-12(11)18(22-19(13)17(14)21)10-4-7-15-16(8-10)24-9-23-15/h1-2,4-8,11-12,18,22H,3,9H2/t11-,12+,18+/m0/s1. The van der Waals surface area contributed by atoms with Gasteiger partial charge in [-0.3, -0.25) is 0 Å². The summed E-state index contributed by atoms with van der Waals surface area (Å²) >= 11 is 12.7. The minimum Gasteiger partial charge on any atom is -0.454 e. The average Bonchev–Trinajstić information content (AvgIpc) is 3.25. The van der Waals surface area contributed by atoms with Crippen LogP contribution in [0.4, 0.5) is 5.69 Å². The molecular weight excluding hydrogens is 345 g/mol. The minimum absolute atomic E-state index is 0.156. The van der Waals surface area contributed by atoms with E-state index in [4.69, 9.17) is 32.7 Å². The summed E-state index contributed by atoms with van der Waals surface area (Å²) in [6, 6.07) is 10.3. The van der Waals surface area contributed by atoms with Crippen LogP contribution >= 0.6 is 23.2 Å². The average molecular weight is 360 g/mol. The van der Waals surface area contributed by atoms with Crippen molar-refractivity contribution in [3.63, 3.8) is 0 Å². The molecule has 2 aromatic carbocycles. The highest BCUT2D eigenvalue weighted by molar-refractivity contribution is 6.43. The Kier molecular flexibility index (Phi) is 3.22. The summed E-state index contributed by atoms with van der Waals surface area (Å²) in [7, 11) is 0. The van der Waals surface area contributed by atoms with Crippen molar-refractivity contribution in [3.05, 3.63) is 63.7 Å². The first-order chi connectivity index (χ1) is 11.7. The van der Waals surface area contributed by atoms with E-state index in [2.05, 4.69) is 35.7 Å². The Morgan fingerprint density at radius 3 is 2.83 bits per heavy atom. The van der Waals surface area contributed by atoms with Gasteiger partial charge < -0.3 is 14.8 Å². The van der Waals surface area contributed by atoms with E-state index < -0.39 is 0 Å². The molecule has 0 amide bonds. The lowest BCUT2D eigenvalue weighted by Gasteiger charge is -2.38. The summed E-state index contributed by atoms with van der Waals surface area (Å²) in [4.78, 5) is 0. The van der Waals surface area contributed by atoms with E-state index in [1.807, 2.05) is 12.1 Å². The molecule has 0 spiro atoms. The van der Waals surface area contributed by atoms with Crippen LogP contribution in [0.3, 0.4) is 0 Å². The zero-order valence-electron chi connectivity index (χ0n) is 12.8. The van der Waals surface area contributed by atoms with Gasteiger partial charge in [0.15, 0.2) is 11.5 Å². The molecule has 3 aliphatic rings. The van der Waals surface area contributed by atoms with E-state index in [0.717, 1.165) is 23.6 Å². The largest absolute Gasteiger partial charge is 0.454 e. The summed E-state index contributed by atoms with van der Waals surface area (Å²) in [5, 5.41) is 4.80. The van der Waals surface area contributed by atoms with Crippen LogP contribution in [0.2, 0.25) is 10.0 Å². The van der Waals surface area contributed by atoms with Crippen molar-refractivity contribution in [2.45, 2.75) is 18.4 Å². The second-order valence-electron chi connectivity index (χ2n) is 6.41. The molecule has 5 rings (SSSR count). The highest BCUT2D eigenvalue weighted by Crippen LogP contribution is 2.53. The summed E-state index contributed by atoms with van der Waals surface area (Å²) in [5.41, 5.74) is 3.35. The molecule has 0 radical (unpaired) electrons. The highest BCUT2D eigenvalue weighted by atomic mass is 35.5. The molecule has 2 heterocycles. The van der Waals surface area contributed by atoms with Crippen LogP contribution in [0.1, 0.15) is 29.5 Å². The number of fused-ring (bicyclic) bond motifs is 4. The number of nitrogens with one attached hydrogen (secondary N) is 1. The summed E-state index contributed by atoms with van der Waals surface area (Å²) in [5.74, 6) is 2.42. The van der Waals surface area contributed by atoms with E-state index in [-0.39, 0.29) is 12.8 Å². The fraction of sp³-hybridized carbons (Fsp3) is 0.263. The van der Waals surface area contributed by atoms with Gasteiger partial charge in [0, 0.05) is 5.92 Å². The van der Waals surface area contributed by atoms with Crippen LogP contribution in [-0.2, 0) is 0 Å². The Balaban J connectivity index is 1.61. The zero-order chi connectivity index (χ0) is 16.3. The monoisotopic (exact) mass is 359 g/mol. The topological polar surface area (TPSA) is 30.5 Å².